The van der Waals surface area contributed by atoms with Crippen LogP contribution in [0.4, 0.5) is 0 Å². The molecule has 0 fully saturated rings. The second-order valence-electron chi connectivity index (χ2n) is 12.7. The fourth-order valence-electron chi connectivity index (χ4n) is 6.40. The fraction of sp³-hybridized carbons (Fsp3) is 0.106. The van der Waals surface area contributed by atoms with Crippen LogP contribution in [0, 0.1) is 0 Å². The lowest BCUT2D eigenvalue weighted by Gasteiger charge is -2.11. The number of fused-ring (bicyclic) bond motifs is 2. The molecule has 0 amide bonds. The van der Waals surface area contributed by atoms with Gasteiger partial charge in [0.05, 0.1) is 18.1 Å². The quantitative estimate of drug-likeness (QED) is 0.138. The highest BCUT2D eigenvalue weighted by Crippen LogP contribution is 2.40. The van der Waals surface area contributed by atoms with E-state index in [1.165, 1.54) is 7.11 Å². The summed E-state index contributed by atoms with van der Waals surface area (Å²) >= 11 is 24.4. The molecule has 8 nitrogen and oxygen atoms in total. The molecule has 0 aliphatic carbocycles. The monoisotopic (exact) mass is 868 g/mol. The Morgan fingerprint density at radius 2 is 0.898 bits per heavy atom. The number of esters is 1. The van der Waals surface area contributed by atoms with E-state index in [1.54, 1.807) is 59.2 Å². The van der Waals surface area contributed by atoms with E-state index in [0.29, 0.717) is 61.5 Å². The Kier molecular flexibility index (Phi) is 14.8. The smallest absolute Gasteiger partial charge is 0.358 e. The molecule has 1 N–H and O–H groups in total. The van der Waals surface area contributed by atoms with Gasteiger partial charge >= 0.3 is 11.9 Å². The number of nitrogens with zero attached hydrogens (tertiary/aromatic N) is 2. The summed E-state index contributed by atoms with van der Waals surface area (Å²) in [5.74, 6) is 0.280. The van der Waals surface area contributed by atoms with Crippen molar-refractivity contribution in [3.8, 4) is 23.0 Å². The van der Waals surface area contributed by atoms with Gasteiger partial charge in [-0.25, -0.2) is 9.59 Å². The molecule has 0 atom stereocenters. The number of carboxylic acid groups (broad SMARTS) is 1. The van der Waals surface area contributed by atoms with E-state index < -0.39 is 11.9 Å². The predicted octanol–water partition coefficient (Wildman–Crippen LogP) is 14.3. The van der Waals surface area contributed by atoms with Crippen LogP contribution in [0.15, 0.2) is 146 Å². The van der Waals surface area contributed by atoms with Crippen LogP contribution in [0.3, 0.4) is 0 Å². The maximum absolute atomic E-state index is 12.8. The third kappa shape index (κ3) is 10.0. The lowest BCUT2D eigenvalue weighted by molar-refractivity contribution is 0.0585. The van der Waals surface area contributed by atoms with E-state index in [2.05, 4.69) is 0 Å². The first kappa shape index (κ1) is 44.2. The van der Waals surface area contributed by atoms with Gasteiger partial charge in [-0.15, -0.1) is 0 Å². The third-order valence-electron chi connectivity index (χ3n) is 8.97. The van der Waals surface area contributed by atoms with Gasteiger partial charge in [0.15, 0.2) is 22.9 Å². The summed E-state index contributed by atoms with van der Waals surface area (Å²) < 4.78 is 20.8. The van der Waals surface area contributed by atoms with Crippen molar-refractivity contribution in [3.63, 3.8) is 0 Å². The average molecular weight is 871 g/mol. The van der Waals surface area contributed by atoms with Gasteiger partial charge in [-0.05, 0) is 96.1 Å². The molecular weight excluding hydrogens is 830 g/mol. The third-order valence-corrected chi connectivity index (χ3v) is 9.95. The molecule has 302 valence electrons. The maximum Gasteiger partial charge on any atom is 0.358 e. The van der Waals surface area contributed by atoms with E-state index in [-0.39, 0.29) is 26.3 Å². The molecule has 59 heavy (non-hydrogen) atoms. The molecule has 0 unspecified atom stereocenters. The van der Waals surface area contributed by atoms with Crippen LogP contribution >= 0.6 is 46.4 Å². The zero-order valence-corrected chi connectivity index (χ0v) is 33.2. The molecule has 0 radical (unpaired) electrons. The molecule has 0 saturated carbocycles. The summed E-state index contributed by atoms with van der Waals surface area (Å²) in [5, 5.41) is 13.7. The van der Waals surface area contributed by atoms with E-state index in [0.717, 1.165) is 27.5 Å². The maximum atomic E-state index is 12.8. The van der Waals surface area contributed by atoms with Gasteiger partial charge in [-0.2, -0.15) is 0 Å². The minimum atomic E-state index is -1.08. The van der Waals surface area contributed by atoms with Crippen LogP contribution in [0.2, 0.25) is 20.1 Å². The number of carboxylic acids is 1. The Morgan fingerprint density at radius 1 is 0.525 bits per heavy atom. The predicted molar refractivity (Wildman–Crippen MR) is 240 cm³/mol. The molecule has 12 heteroatoms. The SMILES string of the molecule is C.C.COC(=O)c1c(Oc2ccccc2)c2cc(Cl)ccc2n1Cc1ccc(Cl)cc1.O=C(O)c1c(Oc2ccccc2)c2cc(Cl)ccc2n1Cc1ccc(Cl)cc1. The lowest BCUT2D eigenvalue weighted by atomic mass is 10.2. The highest BCUT2D eigenvalue weighted by molar-refractivity contribution is 6.32. The normalized spacial score (nSPS) is 10.5. The Morgan fingerprint density at radius 3 is 1.29 bits per heavy atom. The van der Waals surface area contributed by atoms with E-state index in [4.69, 9.17) is 60.6 Å². The molecule has 0 aliphatic heterocycles. The van der Waals surface area contributed by atoms with Gasteiger partial charge in [0.1, 0.15) is 11.5 Å². The van der Waals surface area contributed by atoms with Gasteiger partial charge < -0.3 is 28.5 Å². The van der Waals surface area contributed by atoms with Gasteiger partial charge in [-0.1, -0.05) is 122 Å². The number of benzene rings is 6. The van der Waals surface area contributed by atoms with Crippen LogP contribution in [0.5, 0.6) is 23.0 Å². The van der Waals surface area contributed by atoms with Gasteiger partial charge in [0.25, 0.3) is 0 Å². The van der Waals surface area contributed by atoms with Crippen LogP contribution in [0.1, 0.15) is 47.0 Å². The fourth-order valence-corrected chi connectivity index (χ4v) is 6.99. The number of halogens is 4. The van der Waals surface area contributed by atoms with Crippen LogP contribution in [0.25, 0.3) is 21.8 Å². The second-order valence-corrected chi connectivity index (χ2v) is 14.5. The minimum absolute atomic E-state index is 0. The Bertz CT molecular complexity index is 2700. The number of aromatic carboxylic acids is 1. The number of rotatable bonds is 10. The molecule has 0 saturated heterocycles. The van der Waals surface area contributed by atoms with Crippen molar-refractivity contribution in [1.29, 1.82) is 0 Å². The minimum Gasteiger partial charge on any atom is -0.476 e. The van der Waals surface area contributed by atoms with Crippen LogP contribution in [-0.4, -0.2) is 33.3 Å². The Labute approximate surface area is 362 Å². The summed E-state index contributed by atoms with van der Waals surface area (Å²) in [5.41, 5.74) is 3.83. The average Bonchev–Trinajstić information content (AvgIpc) is 3.67. The highest BCUT2D eigenvalue weighted by Gasteiger charge is 2.27. The van der Waals surface area contributed by atoms with Crippen molar-refractivity contribution in [2.24, 2.45) is 0 Å². The van der Waals surface area contributed by atoms with E-state index >= 15 is 0 Å². The molecule has 0 spiro atoms. The molecule has 2 aromatic heterocycles. The van der Waals surface area contributed by atoms with Crippen molar-refractivity contribution in [2.75, 3.05) is 7.11 Å². The summed E-state index contributed by atoms with van der Waals surface area (Å²) in [6, 6.07) is 43.8. The summed E-state index contributed by atoms with van der Waals surface area (Å²) in [6.07, 6.45) is 0. The molecule has 0 bridgehead atoms. The molecule has 8 rings (SSSR count). The van der Waals surface area contributed by atoms with E-state index in [1.807, 2.05) is 95.6 Å². The summed E-state index contributed by atoms with van der Waals surface area (Å²) in [7, 11) is 1.35. The topological polar surface area (TPSA) is 91.9 Å². The van der Waals surface area contributed by atoms with Crippen LogP contribution in [-0.2, 0) is 17.8 Å². The van der Waals surface area contributed by atoms with Crippen molar-refractivity contribution in [2.45, 2.75) is 27.9 Å². The number of ether oxygens (including phenoxy) is 3. The zero-order valence-electron chi connectivity index (χ0n) is 30.2. The lowest BCUT2D eigenvalue weighted by Crippen LogP contribution is -2.12. The number of carbonyl (C=O) groups is 2. The number of aromatic nitrogens is 2. The van der Waals surface area contributed by atoms with Crippen LogP contribution < -0.4 is 9.47 Å². The van der Waals surface area contributed by atoms with Gasteiger partial charge in [-0.3, -0.25) is 0 Å². The van der Waals surface area contributed by atoms with Gasteiger partial charge in [0, 0.05) is 44.0 Å². The number of methoxy groups -OCH3 is 1. The second kappa shape index (κ2) is 19.7. The summed E-state index contributed by atoms with van der Waals surface area (Å²) in [4.78, 5) is 24.9. The van der Waals surface area contributed by atoms with Crippen molar-refractivity contribution < 1.29 is 28.9 Å². The van der Waals surface area contributed by atoms with Crippen molar-refractivity contribution in [3.05, 3.63) is 188 Å². The zero-order chi connectivity index (χ0) is 40.1. The first-order valence-corrected chi connectivity index (χ1v) is 19.0. The first-order valence-electron chi connectivity index (χ1n) is 17.5. The van der Waals surface area contributed by atoms with Gasteiger partial charge in [0.2, 0.25) is 0 Å². The molecule has 0 aliphatic rings. The van der Waals surface area contributed by atoms with Crippen molar-refractivity contribution in [1.82, 2.24) is 9.13 Å². The standard InChI is InChI=1S/C23H17Cl2NO3.C22H15Cl2NO3.2CH4/c1-28-23(27)21-22(29-18-5-3-2-4-6-18)19-13-17(25)11-12-20(19)26(21)14-15-7-9-16(24)10-8-15;23-15-8-6-14(7-9-15)13-25-19-11-10-16(24)12-18(19)21(20(25)22(26)27)28-17-4-2-1-3-5-17;;/h2-13H,14H2,1H3;1-12H,13H2,(H,26,27);2*1H4. The van der Waals surface area contributed by atoms with Crippen molar-refractivity contribution >= 4 is 80.1 Å². The molecule has 6 aromatic carbocycles. The molecular formula is C47H40Cl4N2O6. The molecule has 2 heterocycles. The Hall–Kier alpha value is -5.90. The number of carbonyl (C=O) groups excluding carboxylic acids is 1. The largest absolute Gasteiger partial charge is 0.476 e. The number of hydrogen-bond acceptors (Lipinski definition) is 5. The molecule has 8 aromatic rings. The first-order chi connectivity index (χ1) is 27.6. The number of hydrogen-bond donors (Lipinski definition) is 1. The highest BCUT2D eigenvalue weighted by atomic mass is 35.5. The number of para-hydroxylation sites is 2. The van der Waals surface area contributed by atoms with E-state index in [9.17, 15) is 14.7 Å². The summed E-state index contributed by atoms with van der Waals surface area (Å²) in [6.45, 7) is 0.799. The Balaban J connectivity index is 0.000000217.